The number of piperidine rings is 1. The number of carbonyl (C=O) groups excluding carboxylic acids is 2. The molecule has 1 unspecified atom stereocenters. The van der Waals surface area contributed by atoms with Crippen molar-refractivity contribution >= 4 is 24.2 Å². The third kappa shape index (κ3) is 3.66. The van der Waals surface area contributed by atoms with E-state index in [0.717, 1.165) is 38.9 Å². The van der Waals surface area contributed by atoms with Crippen LogP contribution in [-0.2, 0) is 9.59 Å². The largest absolute Gasteiger partial charge is 0.352 e. The van der Waals surface area contributed by atoms with Gasteiger partial charge in [0.2, 0.25) is 11.8 Å². The Labute approximate surface area is 145 Å². The van der Waals surface area contributed by atoms with E-state index in [1.807, 2.05) is 11.8 Å². The smallest absolute Gasteiger partial charge is 0.230 e. The lowest BCUT2D eigenvalue weighted by atomic mass is 9.67. The highest BCUT2D eigenvalue weighted by Gasteiger charge is 2.51. The van der Waals surface area contributed by atoms with Crippen LogP contribution in [0.15, 0.2) is 0 Å². The highest BCUT2D eigenvalue weighted by Crippen LogP contribution is 2.45. The highest BCUT2D eigenvalue weighted by molar-refractivity contribution is 5.85. The average molecular weight is 344 g/mol. The number of halogens is 1. The molecule has 1 saturated carbocycles. The monoisotopic (exact) mass is 343 g/mol. The fraction of sp³-hybridized carbons (Fsp3) is 0.882. The van der Waals surface area contributed by atoms with Crippen molar-refractivity contribution in [2.24, 2.45) is 11.3 Å². The lowest BCUT2D eigenvalue weighted by molar-refractivity contribution is -0.147. The number of nitrogens with zero attached hydrogens (tertiary/aromatic N) is 1. The van der Waals surface area contributed by atoms with Gasteiger partial charge < -0.3 is 15.5 Å². The molecule has 0 aromatic heterocycles. The zero-order valence-corrected chi connectivity index (χ0v) is 14.9. The van der Waals surface area contributed by atoms with E-state index in [0.29, 0.717) is 24.8 Å². The molecule has 0 radical (unpaired) electrons. The summed E-state index contributed by atoms with van der Waals surface area (Å²) in [7, 11) is 0. The molecule has 0 aromatic carbocycles. The Kier molecular flexibility index (Phi) is 6.32. The van der Waals surface area contributed by atoms with Gasteiger partial charge in [-0.3, -0.25) is 9.59 Å². The van der Waals surface area contributed by atoms with Crippen LogP contribution in [-0.4, -0.2) is 48.9 Å². The molecule has 0 spiro atoms. The van der Waals surface area contributed by atoms with E-state index >= 15 is 0 Å². The molecule has 2 saturated heterocycles. The van der Waals surface area contributed by atoms with Crippen molar-refractivity contribution in [3.05, 3.63) is 0 Å². The summed E-state index contributed by atoms with van der Waals surface area (Å²) in [6.07, 6.45) is 7.15. The third-order valence-corrected chi connectivity index (χ3v) is 5.86. The van der Waals surface area contributed by atoms with E-state index < -0.39 is 0 Å². The second-order valence-corrected chi connectivity index (χ2v) is 7.24. The summed E-state index contributed by atoms with van der Waals surface area (Å²) in [5.74, 6) is 0.951. The predicted octanol–water partition coefficient (Wildman–Crippen LogP) is 1.71. The van der Waals surface area contributed by atoms with Crippen LogP contribution in [0, 0.1) is 11.3 Å². The quantitative estimate of drug-likeness (QED) is 0.820. The lowest BCUT2D eigenvalue weighted by Crippen LogP contribution is -2.55. The van der Waals surface area contributed by atoms with Crippen LogP contribution >= 0.6 is 12.4 Å². The summed E-state index contributed by atoms with van der Waals surface area (Å²) in [5, 5.41) is 6.53. The summed E-state index contributed by atoms with van der Waals surface area (Å²) in [4.78, 5) is 26.9. The molecule has 3 atom stereocenters. The van der Waals surface area contributed by atoms with Gasteiger partial charge in [-0.25, -0.2) is 0 Å². The minimum atomic E-state index is -0.158. The number of fused-ring (bicyclic) bond motifs is 1. The zero-order chi connectivity index (χ0) is 15.6. The summed E-state index contributed by atoms with van der Waals surface area (Å²) >= 11 is 0. The Morgan fingerprint density at radius 2 is 2.09 bits per heavy atom. The van der Waals surface area contributed by atoms with Gasteiger partial charge in [0, 0.05) is 32.1 Å². The first-order valence-corrected chi connectivity index (χ1v) is 8.95. The van der Waals surface area contributed by atoms with E-state index in [2.05, 4.69) is 10.6 Å². The first-order valence-electron chi connectivity index (χ1n) is 8.95. The third-order valence-electron chi connectivity index (χ3n) is 5.86. The molecular weight excluding hydrogens is 314 g/mol. The number of carbonyl (C=O) groups is 2. The van der Waals surface area contributed by atoms with Crippen LogP contribution in [0.4, 0.5) is 0 Å². The van der Waals surface area contributed by atoms with Gasteiger partial charge in [-0.05, 0) is 38.1 Å². The van der Waals surface area contributed by atoms with Gasteiger partial charge in [0.05, 0.1) is 5.41 Å². The van der Waals surface area contributed by atoms with Gasteiger partial charge in [0.15, 0.2) is 0 Å². The zero-order valence-electron chi connectivity index (χ0n) is 14.1. The van der Waals surface area contributed by atoms with Crippen LogP contribution in [0.2, 0.25) is 0 Å². The second-order valence-electron chi connectivity index (χ2n) is 7.24. The van der Waals surface area contributed by atoms with Crippen molar-refractivity contribution in [3.8, 4) is 0 Å². The van der Waals surface area contributed by atoms with Crippen LogP contribution in [0.1, 0.15) is 51.9 Å². The summed E-state index contributed by atoms with van der Waals surface area (Å²) in [6.45, 7) is 5.26. The molecule has 3 rings (SSSR count). The Morgan fingerprint density at radius 3 is 2.87 bits per heavy atom. The molecule has 2 amide bonds. The Morgan fingerprint density at radius 1 is 1.26 bits per heavy atom. The predicted molar refractivity (Wildman–Crippen MR) is 92.5 cm³/mol. The number of hydrogen-bond acceptors (Lipinski definition) is 3. The maximum atomic E-state index is 13.2. The fourth-order valence-corrected chi connectivity index (χ4v) is 4.59. The van der Waals surface area contributed by atoms with E-state index in [9.17, 15) is 9.59 Å². The molecule has 2 aliphatic heterocycles. The average Bonchev–Trinajstić information content (AvgIpc) is 2.99. The van der Waals surface area contributed by atoms with E-state index in [1.165, 1.54) is 19.3 Å². The molecule has 6 heteroatoms. The topological polar surface area (TPSA) is 61.4 Å². The first kappa shape index (κ1) is 18.5. The van der Waals surface area contributed by atoms with Crippen molar-refractivity contribution in [1.29, 1.82) is 0 Å². The molecule has 0 aromatic rings. The molecule has 132 valence electrons. The Balaban J connectivity index is 0.00000192. The molecule has 2 heterocycles. The van der Waals surface area contributed by atoms with E-state index in [4.69, 9.17) is 0 Å². The molecule has 23 heavy (non-hydrogen) atoms. The van der Waals surface area contributed by atoms with Gasteiger partial charge >= 0.3 is 0 Å². The molecule has 2 N–H and O–H groups in total. The van der Waals surface area contributed by atoms with Crippen LogP contribution < -0.4 is 10.6 Å². The molecular formula is C17H30ClN3O2. The normalized spacial score (nSPS) is 33.5. The van der Waals surface area contributed by atoms with Crippen molar-refractivity contribution in [2.75, 3.05) is 26.2 Å². The standard InChI is InChI=1S/C17H29N3O2.ClH/c1-2-15(21)19-14-7-5-9-20(11-14)16(22)17-8-4-3-6-13(17)10-18-12-17;/h13-14,18H,2-12H2,1H3,(H,19,21);1H/t13-,14?,17+;/m0./s1. The second kappa shape index (κ2) is 7.84. The molecule has 3 aliphatic rings. The van der Waals surface area contributed by atoms with Crippen LogP contribution in [0.25, 0.3) is 0 Å². The molecule has 5 nitrogen and oxygen atoms in total. The number of rotatable bonds is 3. The fourth-order valence-electron chi connectivity index (χ4n) is 4.59. The first-order chi connectivity index (χ1) is 10.7. The number of nitrogens with one attached hydrogen (secondary N) is 2. The molecule has 0 bridgehead atoms. The van der Waals surface area contributed by atoms with E-state index in [1.54, 1.807) is 0 Å². The van der Waals surface area contributed by atoms with Crippen LogP contribution in [0.3, 0.4) is 0 Å². The van der Waals surface area contributed by atoms with Gasteiger partial charge in [0.1, 0.15) is 0 Å². The van der Waals surface area contributed by atoms with Crippen molar-refractivity contribution < 1.29 is 9.59 Å². The number of likely N-dealkylation sites (tertiary alicyclic amines) is 1. The summed E-state index contributed by atoms with van der Waals surface area (Å²) in [5.41, 5.74) is -0.158. The van der Waals surface area contributed by atoms with Gasteiger partial charge in [-0.2, -0.15) is 0 Å². The lowest BCUT2D eigenvalue weighted by Gasteiger charge is -2.43. The van der Waals surface area contributed by atoms with Crippen molar-refractivity contribution in [2.45, 2.75) is 57.9 Å². The summed E-state index contributed by atoms with van der Waals surface area (Å²) in [6, 6.07) is 0.137. The van der Waals surface area contributed by atoms with Crippen molar-refractivity contribution in [1.82, 2.24) is 15.5 Å². The van der Waals surface area contributed by atoms with E-state index in [-0.39, 0.29) is 29.8 Å². The number of hydrogen-bond donors (Lipinski definition) is 2. The van der Waals surface area contributed by atoms with Gasteiger partial charge in [-0.15, -0.1) is 12.4 Å². The Hall–Kier alpha value is -0.810. The van der Waals surface area contributed by atoms with Gasteiger partial charge in [0.25, 0.3) is 0 Å². The molecule has 1 aliphatic carbocycles. The van der Waals surface area contributed by atoms with Crippen molar-refractivity contribution in [3.63, 3.8) is 0 Å². The Bertz CT molecular complexity index is 446. The minimum Gasteiger partial charge on any atom is -0.352 e. The molecule has 3 fully saturated rings. The van der Waals surface area contributed by atoms with Crippen LogP contribution in [0.5, 0.6) is 0 Å². The summed E-state index contributed by atoms with van der Waals surface area (Å²) < 4.78 is 0. The highest BCUT2D eigenvalue weighted by atomic mass is 35.5. The van der Waals surface area contributed by atoms with Gasteiger partial charge in [-0.1, -0.05) is 19.8 Å². The number of amides is 2. The maximum absolute atomic E-state index is 13.2. The maximum Gasteiger partial charge on any atom is 0.230 e. The SMILES string of the molecule is CCC(=O)NC1CCCN(C(=O)[C@@]23CCCC[C@H]2CNC3)C1.Cl. The minimum absolute atomic E-state index is 0.